The molecule has 0 aliphatic carbocycles. The van der Waals surface area contributed by atoms with Gasteiger partial charge in [0.25, 0.3) is 5.91 Å². The summed E-state index contributed by atoms with van der Waals surface area (Å²) in [6, 6.07) is 1.61. The molecule has 0 radical (unpaired) electrons. The van der Waals surface area contributed by atoms with Gasteiger partial charge in [0, 0.05) is 19.5 Å². The number of amides is 1. The number of halogens is 1. The molecule has 1 amide bonds. The molecule has 0 aliphatic rings. The molecule has 1 N–H and O–H groups in total. The molecule has 94 valence electrons. The van der Waals surface area contributed by atoms with Crippen molar-refractivity contribution in [3.63, 3.8) is 0 Å². The van der Waals surface area contributed by atoms with Gasteiger partial charge < -0.3 is 10.1 Å². The molecular weight excluding hydrogens is 240 g/mol. The molecule has 1 heterocycles. The molecule has 0 saturated heterocycles. The Balaban J connectivity index is 2.67. The Kier molecular flexibility index (Phi) is 5.94. The van der Waals surface area contributed by atoms with E-state index in [2.05, 4.69) is 17.2 Å². The number of methoxy groups -OCH3 is 1. The van der Waals surface area contributed by atoms with Crippen LogP contribution < -0.4 is 5.32 Å². The number of rotatable bonds is 6. The van der Waals surface area contributed by atoms with E-state index in [-0.39, 0.29) is 11.9 Å². The third-order valence-electron chi connectivity index (χ3n) is 2.35. The number of carbonyl (C=O) groups excluding carboxylic acids is 1. The Hall–Kier alpha value is -1.13. The Morgan fingerprint density at radius 3 is 3.00 bits per heavy atom. The van der Waals surface area contributed by atoms with Crippen molar-refractivity contribution in [2.75, 3.05) is 13.7 Å². The summed E-state index contributed by atoms with van der Waals surface area (Å²) in [5.41, 5.74) is 0.395. The average Bonchev–Trinajstić information content (AvgIpc) is 2.30. The third kappa shape index (κ3) is 4.32. The van der Waals surface area contributed by atoms with Crippen molar-refractivity contribution in [1.82, 2.24) is 10.3 Å². The van der Waals surface area contributed by atoms with E-state index in [1.165, 1.54) is 6.20 Å². The number of nitrogens with zero attached hydrogens (tertiary/aromatic N) is 1. The molecule has 0 saturated carbocycles. The van der Waals surface area contributed by atoms with Gasteiger partial charge in [0.1, 0.15) is 0 Å². The van der Waals surface area contributed by atoms with Crippen molar-refractivity contribution < 1.29 is 9.53 Å². The molecule has 1 aromatic rings. The first-order valence-electron chi connectivity index (χ1n) is 5.58. The van der Waals surface area contributed by atoms with Crippen LogP contribution in [-0.4, -0.2) is 30.6 Å². The first-order chi connectivity index (χ1) is 8.19. The molecule has 0 fully saturated rings. The average molecular weight is 257 g/mol. The summed E-state index contributed by atoms with van der Waals surface area (Å²) in [6.45, 7) is 2.56. The minimum Gasteiger partial charge on any atom is -0.383 e. The minimum atomic E-state index is -0.210. The number of ether oxygens (including phenoxy) is 1. The predicted molar refractivity (Wildman–Crippen MR) is 67.3 cm³/mol. The van der Waals surface area contributed by atoms with Crippen molar-refractivity contribution >= 4 is 17.5 Å². The molecule has 0 aliphatic heterocycles. The van der Waals surface area contributed by atoms with Crippen molar-refractivity contribution in [3.05, 3.63) is 29.0 Å². The minimum absolute atomic E-state index is 0.00812. The lowest BCUT2D eigenvalue weighted by atomic mass is 10.1. The number of pyridine rings is 1. The highest BCUT2D eigenvalue weighted by Crippen LogP contribution is 2.13. The van der Waals surface area contributed by atoms with E-state index in [1.54, 1.807) is 19.4 Å². The molecule has 0 aromatic carbocycles. The van der Waals surface area contributed by atoms with Gasteiger partial charge in [-0.15, -0.1) is 0 Å². The maximum Gasteiger partial charge on any atom is 0.254 e. The summed E-state index contributed by atoms with van der Waals surface area (Å²) < 4.78 is 5.06. The second-order valence-electron chi connectivity index (χ2n) is 3.77. The molecule has 1 aromatic heterocycles. The maximum atomic E-state index is 11.9. The van der Waals surface area contributed by atoms with Crippen molar-refractivity contribution in [2.24, 2.45) is 0 Å². The van der Waals surface area contributed by atoms with Crippen LogP contribution in [0.3, 0.4) is 0 Å². The number of carbonyl (C=O) groups is 1. The van der Waals surface area contributed by atoms with Crippen LogP contribution in [0.1, 0.15) is 30.1 Å². The fourth-order valence-electron chi connectivity index (χ4n) is 1.55. The second-order valence-corrected chi connectivity index (χ2v) is 4.18. The maximum absolute atomic E-state index is 11.9. The van der Waals surface area contributed by atoms with Gasteiger partial charge in [-0.2, -0.15) is 0 Å². The summed E-state index contributed by atoms with van der Waals surface area (Å²) in [5, 5.41) is 3.30. The molecule has 0 spiro atoms. The fourth-order valence-corrected chi connectivity index (χ4v) is 1.75. The Labute approximate surface area is 106 Å². The lowest BCUT2D eigenvalue weighted by molar-refractivity contribution is 0.0891. The predicted octanol–water partition coefficient (Wildman–Crippen LogP) is 2.28. The van der Waals surface area contributed by atoms with Crippen LogP contribution in [0, 0.1) is 0 Å². The van der Waals surface area contributed by atoms with Gasteiger partial charge in [0.2, 0.25) is 0 Å². The summed E-state index contributed by atoms with van der Waals surface area (Å²) in [4.78, 5) is 15.8. The quantitative estimate of drug-likeness (QED) is 0.850. The van der Waals surface area contributed by atoms with Gasteiger partial charge in [-0.3, -0.25) is 9.78 Å². The standard InChI is InChI=1S/C12H17ClN2O2/c1-3-4-9(8-17-2)15-12(16)10-7-14-6-5-11(10)13/h5-7,9H,3-4,8H2,1-2H3,(H,15,16). The number of hydrogen-bond acceptors (Lipinski definition) is 3. The summed E-state index contributed by atoms with van der Waals surface area (Å²) in [5.74, 6) is -0.210. The molecule has 1 unspecified atom stereocenters. The highest BCUT2D eigenvalue weighted by Gasteiger charge is 2.15. The largest absolute Gasteiger partial charge is 0.383 e. The zero-order valence-corrected chi connectivity index (χ0v) is 10.8. The highest BCUT2D eigenvalue weighted by molar-refractivity contribution is 6.33. The van der Waals surface area contributed by atoms with Gasteiger partial charge in [-0.05, 0) is 12.5 Å². The molecule has 17 heavy (non-hydrogen) atoms. The lowest BCUT2D eigenvalue weighted by Crippen LogP contribution is -2.38. The van der Waals surface area contributed by atoms with Gasteiger partial charge in [-0.1, -0.05) is 24.9 Å². The Bertz CT molecular complexity index is 365. The van der Waals surface area contributed by atoms with Crippen LogP contribution in [-0.2, 0) is 4.74 Å². The molecule has 1 atom stereocenters. The Morgan fingerprint density at radius 1 is 1.65 bits per heavy atom. The zero-order valence-electron chi connectivity index (χ0n) is 10.1. The first-order valence-corrected chi connectivity index (χ1v) is 5.96. The van der Waals surface area contributed by atoms with E-state index < -0.39 is 0 Å². The van der Waals surface area contributed by atoms with E-state index in [0.29, 0.717) is 17.2 Å². The smallest absolute Gasteiger partial charge is 0.254 e. The number of aromatic nitrogens is 1. The van der Waals surface area contributed by atoms with Gasteiger partial charge >= 0.3 is 0 Å². The molecular formula is C12H17ClN2O2. The summed E-state index contributed by atoms with van der Waals surface area (Å²) in [6.07, 6.45) is 4.87. The topological polar surface area (TPSA) is 51.2 Å². The molecule has 4 nitrogen and oxygen atoms in total. The van der Waals surface area contributed by atoms with Crippen molar-refractivity contribution in [2.45, 2.75) is 25.8 Å². The van der Waals surface area contributed by atoms with Gasteiger partial charge in [0.15, 0.2) is 0 Å². The third-order valence-corrected chi connectivity index (χ3v) is 2.68. The van der Waals surface area contributed by atoms with Crippen LogP contribution in [0.2, 0.25) is 5.02 Å². The normalized spacial score (nSPS) is 12.2. The second kappa shape index (κ2) is 7.25. The molecule has 5 heteroatoms. The van der Waals surface area contributed by atoms with E-state index in [9.17, 15) is 4.79 Å². The monoisotopic (exact) mass is 256 g/mol. The van der Waals surface area contributed by atoms with E-state index >= 15 is 0 Å². The lowest BCUT2D eigenvalue weighted by Gasteiger charge is -2.17. The Morgan fingerprint density at radius 2 is 2.41 bits per heavy atom. The molecule has 1 rings (SSSR count). The molecule has 0 bridgehead atoms. The SMILES string of the molecule is CCCC(COC)NC(=O)c1cnccc1Cl. The van der Waals surface area contributed by atoms with E-state index in [4.69, 9.17) is 16.3 Å². The van der Waals surface area contributed by atoms with Crippen LogP contribution in [0.5, 0.6) is 0 Å². The number of nitrogens with one attached hydrogen (secondary N) is 1. The van der Waals surface area contributed by atoms with Crippen LogP contribution in [0.25, 0.3) is 0 Å². The zero-order chi connectivity index (χ0) is 12.7. The highest BCUT2D eigenvalue weighted by atomic mass is 35.5. The van der Waals surface area contributed by atoms with E-state index in [1.807, 2.05) is 0 Å². The van der Waals surface area contributed by atoms with Gasteiger partial charge in [-0.25, -0.2) is 0 Å². The van der Waals surface area contributed by atoms with Crippen LogP contribution >= 0.6 is 11.6 Å². The van der Waals surface area contributed by atoms with Crippen molar-refractivity contribution in [1.29, 1.82) is 0 Å². The fraction of sp³-hybridized carbons (Fsp3) is 0.500. The van der Waals surface area contributed by atoms with Gasteiger partial charge in [0.05, 0.1) is 23.2 Å². The summed E-state index contributed by atoms with van der Waals surface area (Å²) >= 11 is 5.92. The summed E-state index contributed by atoms with van der Waals surface area (Å²) in [7, 11) is 1.62. The van der Waals surface area contributed by atoms with Crippen LogP contribution in [0.4, 0.5) is 0 Å². The van der Waals surface area contributed by atoms with Crippen LogP contribution in [0.15, 0.2) is 18.5 Å². The number of hydrogen-bond donors (Lipinski definition) is 1. The first kappa shape index (κ1) is 13.9. The van der Waals surface area contributed by atoms with Crippen molar-refractivity contribution in [3.8, 4) is 0 Å². The van der Waals surface area contributed by atoms with E-state index in [0.717, 1.165) is 12.8 Å².